The number of phenolic OH excluding ortho intramolecular Hbond substituents is 2. The topological polar surface area (TPSA) is 63.9 Å². The Bertz CT molecular complexity index is 639. The van der Waals surface area contributed by atoms with Crippen LogP contribution in [-0.4, -0.2) is 28.5 Å². The molecule has 0 saturated carbocycles. The maximum Gasteiger partial charge on any atom is 0.121 e. The molecule has 0 aliphatic carbocycles. The van der Waals surface area contributed by atoms with E-state index in [0.29, 0.717) is 13.0 Å². The molecule has 2 rings (SSSR count). The van der Waals surface area contributed by atoms with E-state index in [2.05, 4.69) is 37.8 Å². The zero-order valence-corrected chi connectivity index (χ0v) is 14.0. The first-order chi connectivity index (χ1) is 10.9. The minimum absolute atomic E-state index is 0.0366. The van der Waals surface area contributed by atoms with Gasteiger partial charge in [-0.05, 0) is 44.7 Å². The number of aromatic hydroxyl groups is 2. The molecule has 0 heterocycles. The van der Waals surface area contributed by atoms with Gasteiger partial charge in [-0.15, -0.1) is 0 Å². The molecule has 2 aromatic carbocycles. The molecule has 0 aliphatic heterocycles. The molecule has 0 unspecified atom stereocenters. The van der Waals surface area contributed by atoms with Crippen LogP contribution >= 0.6 is 0 Å². The van der Waals surface area contributed by atoms with Gasteiger partial charge in [-0.3, -0.25) is 0 Å². The zero-order valence-electron chi connectivity index (χ0n) is 14.0. The van der Waals surface area contributed by atoms with Crippen molar-refractivity contribution < 1.29 is 15.3 Å². The summed E-state index contributed by atoms with van der Waals surface area (Å²) < 4.78 is 0. The van der Waals surface area contributed by atoms with Gasteiger partial charge < -0.3 is 20.2 Å². The van der Waals surface area contributed by atoms with Crippen LogP contribution in [0.2, 0.25) is 0 Å². The van der Waals surface area contributed by atoms with Gasteiger partial charge in [0, 0.05) is 42.7 Å². The van der Waals surface area contributed by atoms with Crippen molar-refractivity contribution in [1.29, 1.82) is 0 Å². The van der Waals surface area contributed by atoms with E-state index in [1.54, 1.807) is 12.1 Å². The molecule has 3 N–H and O–H groups in total. The first kappa shape index (κ1) is 17.2. The Labute approximate surface area is 137 Å². The van der Waals surface area contributed by atoms with Gasteiger partial charge in [0.15, 0.2) is 0 Å². The highest BCUT2D eigenvalue weighted by molar-refractivity contribution is 5.71. The lowest BCUT2D eigenvalue weighted by molar-refractivity contribution is 0.285. The summed E-state index contributed by atoms with van der Waals surface area (Å²) in [6.07, 6.45) is 1.53. The van der Waals surface area contributed by atoms with Crippen LogP contribution in [-0.2, 0) is 0 Å². The molecule has 0 aliphatic rings. The van der Waals surface area contributed by atoms with E-state index >= 15 is 0 Å². The Morgan fingerprint density at radius 2 is 1.39 bits per heavy atom. The van der Waals surface area contributed by atoms with E-state index in [1.165, 1.54) is 11.6 Å². The highest BCUT2D eigenvalue weighted by Crippen LogP contribution is 2.36. The Hall–Kier alpha value is -2.20. The van der Waals surface area contributed by atoms with Crippen molar-refractivity contribution in [3.63, 3.8) is 0 Å². The Balaban J connectivity index is 2.50. The average molecular weight is 315 g/mol. The van der Waals surface area contributed by atoms with Crippen molar-refractivity contribution in [1.82, 2.24) is 0 Å². The Morgan fingerprint density at radius 3 is 1.91 bits per heavy atom. The van der Waals surface area contributed by atoms with E-state index < -0.39 is 0 Å². The van der Waals surface area contributed by atoms with Crippen molar-refractivity contribution >= 4 is 11.4 Å². The summed E-state index contributed by atoms with van der Waals surface area (Å²) in [6, 6.07) is 8.88. The number of anilines is 2. The van der Waals surface area contributed by atoms with Crippen LogP contribution in [0, 0.1) is 20.8 Å². The number of hydrogen-bond acceptors (Lipinski definition) is 4. The molecule has 0 amide bonds. The lowest BCUT2D eigenvalue weighted by Gasteiger charge is -2.29. The molecule has 0 radical (unpaired) electrons. The fourth-order valence-corrected chi connectivity index (χ4v) is 3.09. The molecule has 23 heavy (non-hydrogen) atoms. The quantitative estimate of drug-likeness (QED) is 0.707. The van der Waals surface area contributed by atoms with E-state index in [-0.39, 0.29) is 18.1 Å². The monoisotopic (exact) mass is 315 g/mol. The Morgan fingerprint density at radius 1 is 0.826 bits per heavy atom. The number of unbranched alkanes of at least 4 members (excludes halogenated alkanes) is 1. The van der Waals surface area contributed by atoms with Crippen LogP contribution in [0.5, 0.6) is 11.5 Å². The predicted molar refractivity (Wildman–Crippen MR) is 93.8 cm³/mol. The first-order valence-corrected chi connectivity index (χ1v) is 7.91. The molecule has 2 aromatic rings. The minimum atomic E-state index is 0.0366. The van der Waals surface area contributed by atoms with Gasteiger partial charge in [0.05, 0.1) is 0 Å². The van der Waals surface area contributed by atoms with Gasteiger partial charge in [-0.1, -0.05) is 17.7 Å². The van der Waals surface area contributed by atoms with Crippen LogP contribution in [0.4, 0.5) is 11.4 Å². The molecule has 124 valence electrons. The summed E-state index contributed by atoms with van der Waals surface area (Å²) in [4.78, 5) is 2.10. The Kier molecular flexibility index (Phi) is 5.50. The van der Waals surface area contributed by atoms with Gasteiger partial charge in [0.25, 0.3) is 0 Å². The second kappa shape index (κ2) is 7.38. The smallest absolute Gasteiger partial charge is 0.121 e. The number of nitrogens with zero attached hydrogens (tertiary/aromatic N) is 1. The van der Waals surface area contributed by atoms with E-state index in [0.717, 1.165) is 28.9 Å². The average Bonchev–Trinajstić information content (AvgIpc) is 2.43. The third kappa shape index (κ3) is 4.17. The van der Waals surface area contributed by atoms with Crippen molar-refractivity contribution in [2.24, 2.45) is 0 Å². The summed E-state index contributed by atoms with van der Waals surface area (Å²) in [6.45, 7) is 7.06. The molecule has 4 nitrogen and oxygen atoms in total. The standard InChI is InChI=1S/C19H25NO3/c1-13-8-14(2)19(15(3)9-13)20(6-4-5-7-21)16-10-17(22)12-18(23)11-16/h8-12,21-23H,4-7H2,1-3H3. The fraction of sp³-hybridized carbons (Fsp3) is 0.368. The number of rotatable bonds is 6. The molecular formula is C19H25NO3. The third-order valence-electron chi connectivity index (χ3n) is 3.89. The molecule has 0 atom stereocenters. The van der Waals surface area contributed by atoms with Crippen LogP contribution in [0.15, 0.2) is 30.3 Å². The molecule has 0 saturated heterocycles. The molecule has 0 spiro atoms. The summed E-state index contributed by atoms with van der Waals surface area (Å²) in [7, 11) is 0. The van der Waals surface area contributed by atoms with Crippen LogP contribution in [0.25, 0.3) is 0 Å². The lowest BCUT2D eigenvalue weighted by atomic mass is 10.0. The van der Waals surface area contributed by atoms with Gasteiger partial charge in [-0.2, -0.15) is 0 Å². The summed E-state index contributed by atoms with van der Waals surface area (Å²) in [5.74, 6) is 0.0733. The maximum atomic E-state index is 9.82. The highest BCUT2D eigenvalue weighted by Gasteiger charge is 2.16. The number of aliphatic hydroxyl groups excluding tert-OH is 1. The molecular weight excluding hydrogens is 290 g/mol. The molecule has 0 aromatic heterocycles. The number of benzene rings is 2. The van der Waals surface area contributed by atoms with Crippen LogP contribution in [0.1, 0.15) is 29.5 Å². The molecule has 0 fully saturated rings. The van der Waals surface area contributed by atoms with Gasteiger partial charge >= 0.3 is 0 Å². The summed E-state index contributed by atoms with van der Waals surface area (Å²) in [5, 5.41) is 28.7. The number of phenols is 2. The zero-order chi connectivity index (χ0) is 17.0. The number of aryl methyl sites for hydroxylation is 3. The van der Waals surface area contributed by atoms with Crippen molar-refractivity contribution in [2.45, 2.75) is 33.6 Å². The fourth-order valence-electron chi connectivity index (χ4n) is 3.09. The lowest BCUT2D eigenvalue weighted by Crippen LogP contribution is -2.21. The van der Waals surface area contributed by atoms with Crippen molar-refractivity contribution in [3.8, 4) is 11.5 Å². The minimum Gasteiger partial charge on any atom is -0.508 e. The van der Waals surface area contributed by atoms with Crippen molar-refractivity contribution in [3.05, 3.63) is 47.0 Å². The highest BCUT2D eigenvalue weighted by atomic mass is 16.3. The number of aliphatic hydroxyl groups is 1. The van der Waals surface area contributed by atoms with Crippen LogP contribution < -0.4 is 4.90 Å². The van der Waals surface area contributed by atoms with Gasteiger partial charge in [0.2, 0.25) is 0 Å². The largest absolute Gasteiger partial charge is 0.508 e. The van der Waals surface area contributed by atoms with Crippen LogP contribution in [0.3, 0.4) is 0 Å². The predicted octanol–water partition coefficient (Wildman–Crippen LogP) is 3.93. The van der Waals surface area contributed by atoms with Gasteiger partial charge in [0.1, 0.15) is 11.5 Å². The van der Waals surface area contributed by atoms with Gasteiger partial charge in [-0.25, -0.2) is 0 Å². The van der Waals surface area contributed by atoms with E-state index in [9.17, 15) is 10.2 Å². The maximum absolute atomic E-state index is 9.82. The number of hydrogen-bond donors (Lipinski definition) is 3. The SMILES string of the molecule is Cc1cc(C)c(N(CCCCO)c2cc(O)cc(O)c2)c(C)c1. The van der Waals surface area contributed by atoms with Crippen molar-refractivity contribution in [2.75, 3.05) is 18.1 Å². The van der Waals surface area contributed by atoms with E-state index in [4.69, 9.17) is 5.11 Å². The first-order valence-electron chi connectivity index (χ1n) is 7.91. The third-order valence-corrected chi connectivity index (χ3v) is 3.89. The second-order valence-electron chi connectivity index (χ2n) is 6.04. The summed E-state index contributed by atoms with van der Waals surface area (Å²) in [5.41, 5.74) is 5.33. The molecule has 4 heteroatoms. The normalized spacial score (nSPS) is 10.8. The molecule has 0 bridgehead atoms. The van der Waals surface area contributed by atoms with E-state index in [1.807, 2.05) is 0 Å². The summed E-state index contributed by atoms with van der Waals surface area (Å²) >= 11 is 0. The second-order valence-corrected chi connectivity index (χ2v) is 6.04.